The average Bonchev–Trinajstić information content (AvgIpc) is 2.73. The van der Waals surface area contributed by atoms with Gasteiger partial charge in [0.25, 0.3) is 5.52 Å². The van der Waals surface area contributed by atoms with E-state index in [4.69, 9.17) is 4.52 Å². The molecule has 0 saturated carbocycles. The lowest BCUT2D eigenvalue weighted by molar-refractivity contribution is 0.106. The third-order valence-corrected chi connectivity index (χ3v) is 7.48. The standard InChI is InChI=1S/C24H17O3P/c1-16-14-15-17-8-2-3-9-18(17)23(16)24(25)28(26)22-13-7-5-11-20(22)19-10-4-6-12-21(19)27-28/h2-15H,1H3. The van der Waals surface area contributed by atoms with Gasteiger partial charge in [0.2, 0.25) is 0 Å². The van der Waals surface area contributed by atoms with Gasteiger partial charge in [-0.1, -0.05) is 72.8 Å². The van der Waals surface area contributed by atoms with E-state index in [2.05, 4.69) is 0 Å². The molecule has 28 heavy (non-hydrogen) atoms. The summed E-state index contributed by atoms with van der Waals surface area (Å²) in [6, 6.07) is 26.3. The molecule has 4 aromatic rings. The Morgan fingerprint density at radius 1 is 0.786 bits per heavy atom. The highest BCUT2D eigenvalue weighted by molar-refractivity contribution is 7.84. The molecule has 0 radical (unpaired) electrons. The number of carbonyl (C=O) groups is 1. The fourth-order valence-corrected chi connectivity index (χ4v) is 6.10. The highest BCUT2D eigenvalue weighted by Crippen LogP contribution is 2.57. The summed E-state index contributed by atoms with van der Waals surface area (Å²) in [5, 5.41) is 2.20. The van der Waals surface area contributed by atoms with Crippen molar-refractivity contribution in [2.75, 3.05) is 0 Å². The average molecular weight is 384 g/mol. The van der Waals surface area contributed by atoms with Gasteiger partial charge >= 0.3 is 7.37 Å². The van der Waals surface area contributed by atoms with Crippen molar-refractivity contribution in [2.45, 2.75) is 6.92 Å². The first-order valence-corrected chi connectivity index (χ1v) is 10.7. The largest absolute Gasteiger partial charge is 0.434 e. The van der Waals surface area contributed by atoms with E-state index >= 15 is 0 Å². The van der Waals surface area contributed by atoms with E-state index in [1.807, 2.05) is 73.7 Å². The molecule has 4 heteroatoms. The van der Waals surface area contributed by atoms with Crippen molar-refractivity contribution in [1.29, 1.82) is 0 Å². The highest BCUT2D eigenvalue weighted by atomic mass is 31.2. The third-order valence-electron chi connectivity index (χ3n) is 5.24. The first-order chi connectivity index (χ1) is 13.6. The molecule has 1 unspecified atom stereocenters. The van der Waals surface area contributed by atoms with Gasteiger partial charge in [0.1, 0.15) is 5.75 Å². The Hall–Kier alpha value is -3.16. The number of carbonyl (C=O) groups excluding carboxylic acids is 1. The second-order valence-electron chi connectivity index (χ2n) is 6.94. The van der Waals surface area contributed by atoms with Gasteiger partial charge in [-0.3, -0.25) is 9.36 Å². The molecule has 0 saturated heterocycles. The Morgan fingerprint density at radius 3 is 2.32 bits per heavy atom. The molecule has 0 spiro atoms. The van der Waals surface area contributed by atoms with Gasteiger partial charge in [0, 0.05) is 11.1 Å². The van der Waals surface area contributed by atoms with Gasteiger partial charge in [0.15, 0.2) is 0 Å². The summed E-state index contributed by atoms with van der Waals surface area (Å²) >= 11 is 0. The minimum absolute atomic E-state index is 0.455. The molecule has 0 fully saturated rings. The molecule has 4 aromatic carbocycles. The van der Waals surface area contributed by atoms with Gasteiger partial charge in [-0.25, -0.2) is 0 Å². The first-order valence-electron chi connectivity index (χ1n) is 9.11. The number of para-hydroxylation sites is 1. The Balaban J connectivity index is 1.78. The summed E-state index contributed by atoms with van der Waals surface area (Å²) in [4.78, 5) is 13.7. The topological polar surface area (TPSA) is 43.4 Å². The molecule has 1 aliphatic heterocycles. The van der Waals surface area contributed by atoms with Crippen molar-refractivity contribution < 1.29 is 13.9 Å². The molecular weight excluding hydrogens is 367 g/mol. The van der Waals surface area contributed by atoms with Crippen molar-refractivity contribution >= 4 is 29.0 Å². The quantitative estimate of drug-likeness (QED) is 0.401. The summed E-state index contributed by atoms with van der Waals surface area (Å²) in [6.45, 7) is 1.87. The van der Waals surface area contributed by atoms with Crippen LogP contribution >= 0.6 is 7.37 Å². The summed E-state index contributed by atoms with van der Waals surface area (Å²) in [6.07, 6.45) is 0. The maximum Gasteiger partial charge on any atom is 0.347 e. The lowest BCUT2D eigenvalue weighted by atomic mass is 10.0. The van der Waals surface area contributed by atoms with E-state index in [1.165, 1.54) is 0 Å². The van der Waals surface area contributed by atoms with Crippen LogP contribution in [0.2, 0.25) is 0 Å². The summed E-state index contributed by atoms with van der Waals surface area (Å²) in [5.41, 5.74) is 2.45. The second kappa shape index (κ2) is 6.19. The van der Waals surface area contributed by atoms with Crippen LogP contribution < -0.4 is 9.83 Å². The maximum absolute atomic E-state index is 14.1. The number of benzene rings is 4. The zero-order valence-electron chi connectivity index (χ0n) is 15.3. The van der Waals surface area contributed by atoms with Crippen LogP contribution in [0.5, 0.6) is 5.75 Å². The van der Waals surface area contributed by atoms with Gasteiger partial charge in [0.05, 0.1) is 5.30 Å². The molecule has 5 rings (SSSR count). The molecule has 1 aliphatic rings. The van der Waals surface area contributed by atoms with Crippen molar-refractivity contribution in [3.8, 4) is 16.9 Å². The van der Waals surface area contributed by atoms with Crippen LogP contribution in [0.3, 0.4) is 0 Å². The SMILES string of the molecule is Cc1ccc2ccccc2c1C(=O)P1(=O)Oc2ccccc2-c2ccccc21. The molecule has 0 aliphatic carbocycles. The highest BCUT2D eigenvalue weighted by Gasteiger charge is 2.44. The van der Waals surface area contributed by atoms with E-state index < -0.39 is 12.9 Å². The lowest BCUT2D eigenvalue weighted by Crippen LogP contribution is -2.23. The minimum atomic E-state index is -3.82. The lowest BCUT2D eigenvalue weighted by Gasteiger charge is -2.28. The molecule has 0 bridgehead atoms. The fraction of sp³-hybridized carbons (Fsp3) is 0.0417. The van der Waals surface area contributed by atoms with E-state index in [-0.39, 0.29) is 0 Å². The van der Waals surface area contributed by atoms with Crippen molar-refractivity contribution in [2.24, 2.45) is 0 Å². The second-order valence-corrected chi connectivity index (χ2v) is 9.11. The smallest absolute Gasteiger partial charge is 0.347 e. The van der Waals surface area contributed by atoms with Crippen LogP contribution in [0.4, 0.5) is 0 Å². The van der Waals surface area contributed by atoms with Gasteiger partial charge in [-0.2, -0.15) is 0 Å². The number of aryl methyl sites for hydroxylation is 1. The molecule has 0 amide bonds. The van der Waals surface area contributed by atoms with Crippen molar-refractivity contribution in [1.82, 2.24) is 0 Å². The monoisotopic (exact) mass is 384 g/mol. The summed E-state index contributed by atoms with van der Waals surface area (Å²) < 4.78 is 20.1. The van der Waals surface area contributed by atoms with Crippen molar-refractivity contribution in [3.05, 3.63) is 96.1 Å². The van der Waals surface area contributed by atoms with Crippen LogP contribution in [-0.4, -0.2) is 5.52 Å². The minimum Gasteiger partial charge on any atom is -0.434 e. The van der Waals surface area contributed by atoms with Crippen LogP contribution in [0.15, 0.2) is 84.9 Å². The van der Waals surface area contributed by atoms with E-state index in [9.17, 15) is 9.36 Å². The zero-order valence-corrected chi connectivity index (χ0v) is 16.1. The molecule has 0 N–H and O–H groups in total. The molecule has 0 aromatic heterocycles. The van der Waals surface area contributed by atoms with Crippen LogP contribution in [0, 0.1) is 6.92 Å². The third kappa shape index (κ3) is 2.37. The summed E-state index contributed by atoms with van der Waals surface area (Å²) in [5.74, 6) is 0.482. The van der Waals surface area contributed by atoms with Crippen LogP contribution in [-0.2, 0) is 4.57 Å². The predicted octanol–water partition coefficient (Wildman–Crippen LogP) is 5.95. The van der Waals surface area contributed by atoms with E-state index in [0.717, 1.165) is 27.5 Å². The molecule has 1 heterocycles. The maximum atomic E-state index is 14.1. The predicted molar refractivity (Wildman–Crippen MR) is 113 cm³/mol. The molecule has 1 atom stereocenters. The van der Waals surface area contributed by atoms with E-state index in [1.54, 1.807) is 18.2 Å². The zero-order chi connectivity index (χ0) is 19.3. The molecular formula is C24H17O3P. The van der Waals surface area contributed by atoms with Crippen molar-refractivity contribution in [3.63, 3.8) is 0 Å². The first kappa shape index (κ1) is 17.0. The number of fused-ring (bicyclic) bond motifs is 4. The number of hydrogen-bond acceptors (Lipinski definition) is 3. The van der Waals surface area contributed by atoms with Gasteiger partial charge in [-0.05, 0) is 41.0 Å². The summed E-state index contributed by atoms with van der Waals surface area (Å²) in [7, 11) is -3.82. The molecule has 3 nitrogen and oxygen atoms in total. The normalized spacial score (nSPS) is 17.5. The Bertz CT molecular complexity index is 1310. The fourth-order valence-electron chi connectivity index (χ4n) is 3.88. The Morgan fingerprint density at radius 2 is 1.46 bits per heavy atom. The van der Waals surface area contributed by atoms with Crippen LogP contribution in [0.1, 0.15) is 15.9 Å². The van der Waals surface area contributed by atoms with E-state index in [0.29, 0.717) is 16.6 Å². The van der Waals surface area contributed by atoms with Crippen LogP contribution in [0.25, 0.3) is 21.9 Å². The Labute approximate surface area is 163 Å². The van der Waals surface area contributed by atoms with Gasteiger partial charge < -0.3 is 4.52 Å². The Kier molecular flexibility index (Phi) is 3.75. The molecule has 136 valence electrons. The number of rotatable bonds is 2. The number of hydrogen-bond donors (Lipinski definition) is 0. The van der Waals surface area contributed by atoms with Gasteiger partial charge in [-0.15, -0.1) is 0 Å².